The van der Waals surface area contributed by atoms with Gasteiger partial charge in [-0.15, -0.1) is 0 Å². The average molecular weight is 600 g/mol. The summed E-state index contributed by atoms with van der Waals surface area (Å²) < 4.78 is 13.4. The Morgan fingerprint density at radius 1 is 1.32 bits per heavy atom. The standard InChI is InChI=1S/C12H11I3O4/c1-2-11(17)18-5-8(16)6-19-12-9(14)3-7(13)4-10(12)15/h2-4,8,16H,1,5-6H2. The molecule has 0 heterocycles. The maximum Gasteiger partial charge on any atom is 0.330 e. The summed E-state index contributed by atoms with van der Waals surface area (Å²) in [4.78, 5) is 10.8. The predicted molar refractivity (Wildman–Crippen MR) is 97.3 cm³/mol. The smallest absolute Gasteiger partial charge is 0.330 e. The van der Waals surface area contributed by atoms with Crippen LogP contribution in [0.15, 0.2) is 24.8 Å². The van der Waals surface area contributed by atoms with Gasteiger partial charge in [0.1, 0.15) is 25.1 Å². The number of hydrogen-bond acceptors (Lipinski definition) is 4. The van der Waals surface area contributed by atoms with Gasteiger partial charge in [0.2, 0.25) is 0 Å². The SMILES string of the molecule is C=CC(=O)OCC(O)COc1c(I)cc(I)cc1I. The molecule has 0 radical (unpaired) electrons. The molecule has 4 nitrogen and oxygen atoms in total. The van der Waals surface area contributed by atoms with Gasteiger partial charge in [-0.25, -0.2) is 4.79 Å². The Labute approximate surface area is 152 Å². The van der Waals surface area contributed by atoms with Crippen molar-refractivity contribution in [2.24, 2.45) is 0 Å². The number of ether oxygens (including phenoxy) is 2. The number of rotatable bonds is 6. The third-order valence-corrected chi connectivity index (χ3v) is 4.19. The van der Waals surface area contributed by atoms with Crippen molar-refractivity contribution in [3.63, 3.8) is 0 Å². The van der Waals surface area contributed by atoms with Crippen LogP contribution in [0.25, 0.3) is 0 Å². The van der Waals surface area contributed by atoms with Crippen LogP contribution in [-0.4, -0.2) is 30.4 Å². The van der Waals surface area contributed by atoms with Crippen LogP contribution in [0, 0.1) is 10.7 Å². The average Bonchev–Trinajstić information content (AvgIpc) is 2.34. The first-order chi connectivity index (χ1) is 8.93. The Kier molecular flexibility index (Phi) is 7.91. The van der Waals surface area contributed by atoms with E-state index in [4.69, 9.17) is 9.47 Å². The highest BCUT2D eigenvalue weighted by Gasteiger charge is 2.12. The first-order valence-corrected chi connectivity index (χ1v) is 8.42. The molecular formula is C12H11I3O4. The first kappa shape index (κ1) is 17.4. The molecule has 0 saturated heterocycles. The summed E-state index contributed by atoms with van der Waals surface area (Å²) in [6.45, 7) is 3.23. The lowest BCUT2D eigenvalue weighted by Gasteiger charge is -2.14. The highest BCUT2D eigenvalue weighted by Crippen LogP contribution is 2.29. The molecule has 1 N–H and O–H groups in total. The van der Waals surface area contributed by atoms with Crippen LogP contribution in [0.5, 0.6) is 5.75 Å². The summed E-state index contributed by atoms with van der Waals surface area (Å²) in [6.07, 6.45) is 0.188. The van der Waals surface area contributed by atoms with Crippen LogP contribution in [0.1, 0.15) is 0 Å². The third kappa shape index (κ3) is 6.12. The maximum absolute atomic E-state index is 10.8. The number of carbonyl (C=O) groups is 1. The summed E-state index contributed by atoms with van der Waals surface area (Å²) in [7, 11) is 0. The van der Waals surface area contributed by atoms with E-state index in [0.29, 0.717) is 0 Å². The number of hydrogen-bond donors (Lipinski definition) is 1. The Morgan fingerprint density at radius 3 is 2.42 bits per heavy atom. The zero-order chi connectivity index (χ0) is 14.4. The van der Waals surface area contributed by atoms with Gasteiger partial charge in [0, 0.05) is 9.65 Å². The van der Waals surface area contributed by atoms with Gasteiger partial charge in [0.05, 0.1) is 7.14 Å². The van der Waals surface area contributed by atoms with Crippen LogP contribution >= 0.6 is 67.8 Å². The fourth-order valence-electron chi connectivity index (χ4n) is 1.13. The van der Waals surface area contributed by atoms with Crippen LogP contribution in [0.2, 0.25) is 0 Å². The van der Waals surface area contributed by atoms with E-state index in [1.807, 2.05) is 12.1 Å². The second-order valence-electron chi connectivity index (χ2n) is 3.50. The van der Waals surface area contributed by atoms with E-state index < -0.39 is 12.1 Å². The molecule has 0 aliphatic heterocycles. The van der Waals surface area contributed by atoms with Gasteiger partial charge >= 0.3 is 5.97 Å². The molecule has 1 aromatic rings. The van der Waals surface area contributed by atoms with E-state index in [0.717, 1.165) is 22.5 Å². The van der Waals surface area contributed by atoms with Crippen molar-refractivity contribution < 1.29 is 19.4 Å². The van der Waals surface area contributed by atoms with Gasteiger partial charge in [0.25, 0.3) is 0 Å². The van der Waals surface area contributed by atoms with Crippen molar-refractivity contribution in [3.05, 3.63) is 35.5 Å². The van der Waals surface area contributed by atoms with E-state index in [-0.39, 0.29) is 13.2 Å². The zero-order valence-corrected chi connectivity index (χ0v) is 16.2. The van der Waals surface area contributed by atoms with Gasteiger partial charge in [0.15, 0.2) is 0 Å². The van der Waals surface area contributed by atoms with Gasteiger partial charge in [-0.1, -0.05) is 6.58 Å². The van der Waals surface area contributed by atoms with Gasteiger partial charge in [-0.3, -0.25) is 0 Å². The molecule has 19 heavy (non-hydrogen) atoms. The summed E-state index contributed by atoms with van der Waals surface area (Å²) >= 11 is 6.60. The van der Waals surface area contributed by atoms with E-state index in [2.05, 4.69) is 74.4 Å². The quantitative estimate of drug-likeness (QED) is 0.311. The van der Waals surface area contributed by atoms with Crippen LogP contribution < -0.4 is 4.74 Å². The van der Waals surface area contributed by atoms with Crippen molar-refractivity contribution in [1.82, 2.24) is 0 Å². The highest BCUT2D eigenvalue weighted by atomic mass is 127. The zero-order valence-electron chi connectivity index (χ0n) is 9.74. The van der Waals surface area contributed by atoms with E-state index in [1.54, 1.807) is 0 Å². The van der Waals surface area contributed by atoms with Gasteiger partial charge < -0.3 is 14.6 Å². The molecule has 0 bridgehead atoms. The molecule has 0 amide bonds. The second kappa shape index (κ2) is 8.62. The Morgan fingerprint density at radius 2 is 1.89 bits per heavy atom. The van der Waals surface area contributed by atoms with Crippen molar-refractivity contribution in [3.8, 4) is 5.75 Å². The molecule has 1 unspecified atom stereocenters. The van der Waals surface area contributed by atoms with E-state index in [1.165, 1.54) is 0 Å². The molecular weight excluding hydrogens is 589 g/mol. The summed E-state index contributed by atoms with van der Waals surface area (Å²) in [5.74, 6) is 0.174. The molecule has 0 aliphatic rings. The van der Waals surface area contributed by atoms with Crippen molar-refractivity contribution in [2.75, 3.05) is 13.2 Å². The number of benzene rings is 1. The second-order valence-corrected chi connectivity index (χ2v) is 7.07. The van der Waals surface area contributed by atoms with E-state index >= 15 is 0 Å². The molecule has 0 spiro atoms. The molecule has 7 heteroatoms. The fraction of sp³-hybridized carbons (Fsp3) is 0.250. The Bertz CT molecular complexity index is 453. The minimum absolute atomic E-state index is 0.0665. The maximum atomic E-state index is 10.8. The Hall–Kier alpha value is 0.380. The number of carbonyl (C=O) groups excluding carboxylic acids is 1. The summed E-state index contributed by atoms with van der Waals surface area (Å²) in [5.41, 5.74) is 0. The monoisotopic (exact) mass is 600 g/mol. The Balaban J connectivity index is 2.53. The van der Waals surface area contributed by atoms with Crippen molar-refractivity contribution in [1.29, 1.82) is 0 Å². The molecule has 0 fully saturated rings. The summed E-state index contributed by atoms with van der Waals surface area (Å²) in [6, 6.07) is 3.98. The molecule has 104 valence electrons. The lowest BCUT2D eigenvalue weighted by Crippen LogP contribution is -2.25. The topological polar surface area (TPSA) is 55.8 Å². The van der Waals surface area contributed by atoms with Crippen LogP contribution in [0.3, 0.4) is 0 Å². The van der Waals surface area contributed by atoms with Crippen LogP contribution in [0.4, 0.5) is 0 Å². The van der Waals surface area contributed by atoms with Gasteiger partial charge in [-0.05, 0) is 79.9 Å². The molecule has 1 aromatic carbocycles. The van der Waals surface area contributed by atoms with Crippen molar-refractivity contribution in [2.45, 2.75) is 6.10 Å². The highest BCUT2D eigenvalue weighted by molar-refractivity contribution is 14.1. The minimum Gasteiger partial charge on any atom is -0.489 e. The van der Waals surface area contributed by atoms with Crippen LogP contribution in [-0.2, 0) is 9.53 Å². The molecule has 0 aliphatic carbocycles. The lowest BCUT2D eigenvalue weighted by atomic mass is 10.3. The normalized spacial score (nSPS) is 11.8. The number of halogens is 3. The number of aliphatic hydroxyl groups is 1. The minimum atomic E-state index is -0.866. The fourth-order valence-corrected chi connectivity index (χ4v) is 5.03. The molecule has 1 atom stereocenters. The molecule has 0 saturated carbocycles. The van der Waals surface area contributed by atoms with Gasteiger partial charge in [-0.2, -0.15) is 0 Å². The van der Waals surface area contributed by atoms with Crippen molar-refractivity contribution >= 4 is 73.7 Å². The third-order valence-electron chi connectivity index (χ3n) is 1.97. The number of esters is 1. The molecule has 0 aromatic heterocycles. The summed E-state index contributed by atoms with van der Waals surface area (Å²) in [5, 5.41) is 9.65. The number of aliphatic hydroxyl groups excluding tert-OH is 1. The van der Waals surface area contributed by atoms with E-state index in [9.17, 15) is 9.90 Å². The first-order valence-electron chi connectivity index (χ1n) is 5.18. The lowest BCUT2D eigenvalue weighted by molar-refractivity contribution is -0.141. The molecule has 1 rings (SSSR count). The predicted octanol–water partition coefficient (Wildman–Crippen LogP) is 2.97. The largest absolute Gasteiger partial charge is 0.489 e.